The molecule has 0 spiro atoms. The van der Waals surface area contributed by atoms with Gasteiger partial charge >= 0.3 is 5.97 Å². The highest BCUT2D eigenvalue weighted by molar-refractivity contribution is 6.35. The zero-order chi connectivity index (χ0) is 24.5. The van der Waals surface area contributed by atoms with E-state index in [1.807, 2.05) is 6.07 Å². The van der Waals surface area contributed by atoms with Gasteiger partial charge in [0.2, 0.25) is 0 Å². The lowest BCUT2D eigenvalue weighted by Gasteiger charge is -2.11. The Labute approximate surface area is 201 Å². The molecule has 1 aliphatic heterocycles. The number of aromatic amines is 1. The van der Waals surface area contributed by atoms with Gasteiger partial charge in [-0.1, -0.05) is 18.2 Å². The number of carboxylic acids is 1. The number of anilines is 2. The molecule has 1 aliphatic carbocycles. The number of Topliss-reactive ketones (excluding diaryl/α,β-unsaturated/α-hetero) is 1. The first-order valence-corrected chi connectivity index (χ1v) is 11.4. The van der Waals surface area contributed by atoms with Crippen molar-refractivity contribution in [1.29, 1.82) is 0 Å². The molecule has 4 N–H and O–H groups in total. The summed E-state index contributed by atoms with van der Waals surface area (Å²) >= 11 is 0. The number of nitrogens with one attached hydrogen (secondary N) is 3. The smallest absolute Gasteiger partial charge is 0.303 e. The average molecular weight is 469 g/mol. The number of ketones is 1. The van der Waals surface area contributed by atoms with Gasteiger partial charge < -0.3 is 20.7 Å². The summed E-state index contributed by atoms with van der Waals surface area (Å²) < 4.78 is 0. The van der Waals surface area contributed by atoms with E-state index < -0.39 is 5.97 Å². The van der Waals surface area contributed by atoms with Crippen LogP contribution in [0.5, 0.6) is 0 Å². The van der Waals surface area contributed by atoms with E-state index in [0.29, 0.717) is 57.7 Å². The fourth-order valence-electron chi connectivity index (χ4n) is 4.65. The molecule has 35 heavy (non-hydrogen) atoms. The van der Waals surface area contributed by atoms with Crippen molar-refractivity contribution in [2.24, 2.45) is 0 Å². The number of aromatic nitrogens is 1. The molecule has 8 nitrogen and oxygen atoms in total. The lowest BCUT2D eigenvalue weighted by Crippen LogP contribution is -2.11. The van der Waals surface area contributed by atoms with E-state index in [1.54, 1.807) is 48.5 Å². The predicted molar refractivity (Wildman–Crippen MR) is 131 cm³/mol. The number of carbonyl (C=O) groups is 4. The summed E-state index contributed by atoms with van der Waals surface area (Å²) in [7, 11) is 0. The van der Waals surface area contributed by atoms with Gasteiger partial charge in [-0.15, -0.1) is 0 Å². The molecule has 2 amide bonds. The molecular weight excluding hydrogens is 446 g/mol. The number of aliphatic carboxylic acids is 1. The third kappa shape index (κ3) is 4.38. The molecule has 0 saturated heterocycles. The molecule has 0 unspecified atom stereocenters. The maximum atomic E-state index is 12.8. The summed E-state index contributed by atoms with van der Waals surface area (Å²) in [5.74, 6) is -1.53. The third-order valence-electron chi connectivity index (χ3n) is 6.30. The molecule has 0 atom stereocenters. The molecule has 2 aliphatic rings. The van der Waals surface area contributed by atoms with E-state index in [-0.39, 0.29) is 30.4 Å². The molecular formula is C27H23N3O5. The number of carboxylic acid groups (broad SMARTS) is 1. The average Bonchev–Trinajstić information content (AvgIpc) is 3.36. The van der Waals surface area contributed by atoms with Crippen LogP contribution < -0.4 is 10.6 Å². The number of carbonyl (C=O) groups excluding carboxylic acids is 3. The zero-order valence-electron chi connectivity index (χ0n) is 18.8. The largest absolute Gasteiger partial charge is 0.481 e. The fraction of sp³-hybridized carbons (Fsp3) is 0.185. The van der Waals surface area contributed by atoms with Crippen molar-refractivity contribution in [3.05, 3.63) is 82.2 Å². The molecule has 2 aromatic carbocycles. The quantitative estimate of drug-likeness (QED) is 0.400. The zero-order valence-corrected chi connectivity index (χ0v) is 18.8. The Morgan fingerprint density at radius 2 is 1.86 bits per heavy atom. The first-order valence-electron chi connectivity index (χ1n) is 11.4. The standard InChI is InChI=1S/C27H23N3O5/c31-23-8-4-7-21-25(23)17(10-12-24(32)33)22(29-21)14-19-18-13-16(9-11-20(18)30-27(19)35)28-26(34)15-5-2-1-3-6-15/h1-3,5-6,9,11,13-14,29H,4,7-8,10,12H2,(H,28,34)(H,30,35)(H,32,33)/b19-14-. The Balaban J connectivity index is 1.52. The van der Waals surface area contributed by atoms with Gasteiger partial charge in [0.15, 0.2) is 5.78 Å². The highest BCUT2D eigenvalue weighted by atomic mass is 16.4. The fourth-order valence-corrected chi connectivity index (χ4v) is 4.65. The van der Waals surface area contributed by atoms with Crippen LogP contribution in [-0.2, 0) is 22.4 Å². The molecule has 8 heteroatoms. The van der Waals surface area contributed by atoms with E-state index in [0.717, 1.165) is 12.1 Å². The van der Waals surface area contributed by atoms with Crippen molar-refractivity contribution in [2.75, 3.05) is 10.6 Å². The Kier molecular flexibility index (Phi) is 5.78. The van der Waals surface area contributed by atoms with E-state index in [9.17, 15) is 24.3 Å². The maximum Gasteiger partial charge on any atom is 0.303 e. The molecule has 0 fully saturated rings. The van der Waals surface area contributed by atoms with Crippen LogP contribution >= 0.6 is 0 Å². The summed E-state index contributed by atoms with van der Waals surface area (Å²) in [5, 5.41) is 14.9. The monoisotopic (exact) mass is 469 g/mol. The van der Waals surface area contributed by atoms with Gasteiger partial charge in [0.05, 0.1) is 5.57 Å². The molecule has 3 aromatic rings. The van der Waals surface area contributed by atoms with E-state index in [2.05, 4.69) is 15.6 Å². The minimum Gasteiger partial charge on any atom is -0.481 e. The van der Waals surface area contributed by atoms with Crippen LogP contribution in [0.3, 0.4) is 0 Å². The van der Waals surface area contributed by atoms with Crippen LogP contribution in [0.2, 0.25) is 0 Å². The second-order valence-electron chi connectivity index (χ2n) is 8.63. The van der Waals surface area contributed by atoms with Crippen molar-refractivity contribution >= 4 is 46.6 Å². The van der Waals surface area contributed by atoms with Crippen LogP contribution in [0.15, 0.2) is 48.5 Å². The highest BCUT2D eigenvalue weighted by Gasteiger charge is 2.29. The van der Waals surface area contributed by atoms with Crippen LogP contribution in [0.25, 0.3) is 11.6 Å². The first-order chi connectivity index (χ1) is 16.9. The summed E-state index contributed by atoms with van der Waals surface area (Å²) in [4.78, 5) is 52.5. The normalized spacial score (nSPS) is 15.5. The molecule has 176 valence electrons. The predicted octanol–water partition coefficient (Wildman–Crippen LogP) is 4.30. The SMILES string of the molecule is O=C(O)CCc1c(/C=C2\C(=O)Nc3ccc(NC(=O)c4ccccc4)cc32)[nH]c2c1C(=O)CCC2. The van der Waals surface area contributed by atoms with Crippen LogP contribution in [0, 0.1) is 0 Å². The Bertz CT molecular complexity index is 1400. The number of H-pyrrole nitrogens is 1. The summed E-state index contributed by atoms with van der Waals surface area (Å²) in [5.41, 5.74) is 5.20. The van der Waals surface area contributed by atoms with E-state index >= 15 is 0 Å². The Morgan fingerprint density at radius 1 is 1.06 bits per heavy atom. The number of amides is 2. The molecule has 0 radical (unpaired) electrons. The second-order valence-corrected chi connectivity index (χ2v) is 8.63. The van der Waals surface area contributed by atoms with Crippen molar-refractivity contribution < 1.29 is 24.3 Å². The van der Waals surface area contributed by atoms with Gasteiger partial charge in [-0.25, -0.2) is 0 Å². The third-order valence-corrected chi connectivity index (χ3v) is 6.30. The number of fused-ring (bicyclic) bond motifs is 2. The van der Waals surface area contributed by atoms with Gasteiger partial charge in [-0.3, -0.25) is 19.2 Å². The second kappa shape index (κ2) is 9.06. The minimum absolute atomic E-state index is 0.00489. The van der Waals surface area contributed by atoms with Gasteiger partial charge in [0.1, 0.15) is 0 Å². The first kappa shape index (κ1) is 22.3. The molecule has 2 heterocycles. The minimum atomic E-state index is -0.954. The van der Waals surface area contributed by atoms with E-state index in [1.165, 1.54) is 0 Å². The number of benzene rings is 2. The van der Waals surface area contributed by atoms with Gasteiger partial charge in [-0.2, -0.15) is 0 Å². The number of rotatable bonds is 6. The van der Waals surface area contributed by atoms with Gasteiger partial charge in [-0.05, 0) is 61.2 Å². The lowest BCUT2D eigenvalue weighted by molar-refractivity contribution is -0.137. The van der Waals surface area contributed by atoms with Gasteiger partial charge in [0, 0.05) is 52.3 Å². The van der Waals surface area contributed by atoms with Crippen LogP contribution in [-0.4, -0.2) is 33.7 Å². The Hall–Kier alpha value is -4.46. The van der Waals surface area contributed by atoms with Gasteiger partial charge in [0.25, 0.3) is 11.8 Å². The lowest BCUT2D eigenvalue weighted by atomic mass is 9.91. The summed E-state index contributed by atoms with van der Waals surface area (Å²) in [6.45, 7) is 0. The molecule has 5 rings (SSSR count). The number of hydrogen-bond acceptors (Lipinski definition) is 4. The summed E-state index contributed by atoms with van der Waals surface area (Å²) in [6, 6.07) is 14.0. The van der Waals surface area contributed by atoms with Crippen molar-refractivity contribution in [1.82, 2.24) is 4.98 Å². The highest BCUT2D eigenvalue weighted by Crippen LogP contribution is 2.37. The molecule has 0 bridgehead atoms. The van der Waals surface area contributed by atoms with E-state index in [4.69, 9.17) is 0 Å². The van der Waals surface area contributed by atoms with Crippen molar-refractivity contribution in [3.63, 3.8) is 0 Å². The number of hydrogen-bond donors (Lipinski definition) is 4. The maximum absolute atomic E-state index is 12.8. The van der Waals surface area contributed by atoms with Crippen LogP contribution in [0.4, 0.5) is 11.4 Å². The topological polar surface area (TPSA) is 128 Å². The summed E-state index contributed by atoms with van der Waals surface area (Å²) in [6.07, 6.45) is 3.60. The van der Waals surface area contributed by atoms with Crippen molar-refractivity contribution in [2.45, 2.75) is 32.1 Å². The van der Waals surface area contributed by atoms with Crippen LogP contribution in [0.1, 0.15) is 62.5 Å². The Morgan fingerprint density at radius 3 is 2.63 bits per heavy atom. The molecule has 0 saturated carbocycles. The number of aryl methyl sites for hydroxylation is 1. The molecule has 1 aromatic heterocycles. The van der Waals surface area contributed by atoms with Crippen molar-refractivity contribution in [3.8, 4) is 0 Å².